The van der Waals surface area contributed by atoms with E-state index in [0.29, 0.717) is 38.0 Å². The van der Waals surface area contributed by atoms with Crippen LogP contribution in [0.15, 0.2) is 22.7 Å². The molecule has 0 radical (unpaired) electrons. The quantitative estimate of drug-likeness (QED) is 0.877. The average Bonchev–Trinajstić information content (AvgIpc) is 2.36. The first kappa shape index (κ1) is 15.1. The topological polar surface area (TPSA) is 46.3 Å². The fourth-order valence-electron chi connectivity index (χ4n) is 1.66. The van der Waals surface area contributed by atoms with Crippen molar-refractivity contribution < 1.29 is 9.18 Å². The van der Waals surface area contributed by atoms with E-state index in [9.17, 15) is 9.18 Å². The number of rotatable bonds is 6. The third-order valence-electron chi connectivity index (χ3n) is 2.70. The van der Waals surface area contributed by atoms with Gasteiger partial charge in [0.05, 0.1) is 0 Å². The van der Waals surface area contributed by atoms with Crippen LogP contribution in [0.4, 0.5) is 4.39 Å². The molecule has 100 valence electrons. The molecule has 0 aromatic heterocycles. The summed E-state index contributed by atoms with van der Waals surface area (Å²) in [6.45, 7) is 3.24. The van der Waals surface area contributed by atoms with Crippen LogP contribution in [-0.2, 0) is 11.3 Å². The SMILES string of the molecule is CCN(Cc1cc(Br)ccc1F)C(=O)CCCN. The molecule has 5 heteroatoms. The van der Waals surface area contributed by atoms with Crippen molar-refractivity contribution in [2.45, 2.75) is 26.3 Å². The molecule has 0 unspecified atom stereocenters. The molecule has 0 saturated carbocycles. The highest BCUT2D eigenvalue weighted by molar-refractivity contribution is 9.10. The number of hydrogen-bond acceptors (Lipinski definition) is 2. The zero-order chi connectivity index (χ0) is 13.5. The van der Waals surface area contributed by atoms with E-state index in [4.69, 9.17) is 5.73 Å². The van der Waals surface area contributed by atoms with Crippen LogP contribution >= 0.6 is 15.9 Å². The van der Waals surface area contributed by atoms with Gasteiger partial charge in [-0.15, -0.1) is 0 Å². The summed E-state index contributed by atoms with van der Waals surface area (Å²) in [5, 5.41) is 0. The number of amides is 1. The van der Waals surface area contributed by atoms with E-state index in [2.05, 4.69) is 15.9 Å². The van der Waals surface area contributed by atoms with Gasteiger partial charge < -0.3 is 10.6 Å². The molecule has 0 aliphatic heterocycles. The molecule has 1 amide bonds. The molecule has 3 nitrogen and oxygen atoms in total. The van der Waals surface area contributed by atoms with Crippen LogP contribution in [-0.4, -0.2) is 23.9 Å². The standard InChI is InChI=1S/C13H18BrFN2O/c1-2-17(13(18)4-3-7-16)9-10-8-11(14)5-6-12(10)15/h5-6,8H,2-4,7,9,16H2,1H3. The fraction of sp³-hybridized carbons (Fsp3) is 0.462. The Labute approximate surface area is 115 Å². The predicted octanol–water partition coefficient (Wildman–Crippen LogP) is 2.68. The molecule has 0 bridgehead atoms. The molecule has 1 aromatic carbocycles. The first-order valence-electron chi connectivity index (χ1n) is 6.00. The summed E-state index contributed by atoms with van der Waals surface area (Å²) in [6.07, 6.45) is 1.08. The Bertz CT molecular complexity index is 412. The average molecular weight is 317 g/mol. The Morgan fingerprint density at radius 1 is 1.50 bits per heavy atom. The highest BCUT2D eigenvalue weighted by Gasteiger charge is 2.13. The smallest absolute Gasteiger partial charge is 0.222 e. The molecule has 1 aromatic rings. The molecule has 0 aliphatic rings. The van der Waals surface area contributed by atoms with E-state index < -0.39 is 0 Å². The van der Waals surface area contributed by atoms with E-state index >= 15 is 0 Å². The monoisotopic (exact) mass is 316 g/mol. The summed E-state index contributed by atoms with van der Waals surface area (Å²) in [6, 6.07) is 4.75. The highest BCUT2D eigenvalue weighted by Crippen LogP contribution is 2.17. The van der Waals surface area contributed by atoms with Gasteiger partial charge in [-0.05, 0) is 38.1 Å². The molecular formula is C13H18BrFN2O. The first-order chi connectivity index (χ1) is 8.58. The molecule has 0 fully saturated rings. The van der Waals surface area contributed by atoms with Gasteiger partial charge in [0.25, 0.3) is 0 Å². The number of nitrogens with zero attached hydrogens (tertiary/aromatic N) is 1. The fourth-order valence-corrected chi connectivity index (χ4v) is 2.07. The van der Waals surface area contributed by atoms with Gasteiger partial charge in [-0.25, -0.2) is 4.39 Å². The number of carbonyl (C=O) groups is 1. The Hall–Kier alpha value is -0.940. The number of hydrogen-bond donors (Lipinski definition) is 1. The van der Waals surface area contributed by atoms with Gasteiger partial charge in [0.1, 0.15) is 5.82 Å². The van der Waals surface area contributed by atoms with Crippen LogP contribution in [0.3, 0.4) is 0 Å². The van der Waals surface area contributed by atoms with Gasteiger partial charge >= 0.3 is 0 Å². The van der Waals surface area contributed by atoms with Gasteiger partial charge in [0.2, 0.25) is 5.91 Å². The van der Waals surface area contributed by atoms with Gasteiger partial charge in [-0.2, -0.15) is 0 Å². The largest absolute Gasteiger partial charge is 0.339 e. The zero-order valence-electron chi connectivity index (χ0n) is 10.5. The predicted molar refractivity (Wildman–Crippen MR) is 73.5 cm³/mol. The van der Waals surface area contributed by atoms with Gasteiger partial charge in [0.15, 0.2) is 0 Å². The normalized spacial score (nSPS) is 10.4. The van der Waals surface area contributed by atoms with Crippen LogP contribution in [0.25, 0.3) is 0 Å². The van der Waals surface area contributed by atoms with Crippen LogP contribution < -0.4 is 5.73 Å². The second-order valence-corrected chi connectivity index (χ2v) is 4.95. The third-order valence-corrected chi connectivity index (χ3v) is 3.19. The lowest BCUT2D eigenvalue weighted by molar-refractivity contribution is -0.131. The van der Waals surface area contributed by atoms with Gasteiger partial charge in [0, 0.05) is 29.5 Å². The maximum Gasteiger partial charge on any atom is 0.222 e. The summed E-state index contributed by atoms with van der Waals surface area (Å²) in [5.41, 5.74) is 5.90. The molecule has 0 heterocycles. The molecule has 2 N–H and O–H groups in total. The van der Waals surface area contributed by atoms with E-state index in [1.807, 2.05) is 6.92 Å². The van der Waals surface area contributed by atoms with E-state index in [-0.39, 0.29) is 11.7 Å². The van der Waals surface area contributed by atoms with E-state index in [0.717, 1.165) is 4.47 Å². The molecule has 0 atom stereocenters. The van der Waals surface area contributed by atoms with E-state index in [1.54, 1.807) is 17.0 Å². The summed E-state index contributed by atoms with van der Waals surface area (Å²) < 4.78 is 14.4. The lowest BCUT2D eigenvalue weighted by Crippen LogP contribution is -2.30. The van der Waals surface area contributed by atoms with Crippen molar-refractivity contribution in [2.24, 2.45) is 5.73 Å². The Morgan fingerprint density at radius 3 is 2.83 bits per heavy atom. The van der Waals surface area contributed by atoms with Gasteiger partial charge in [-0.3, -0.25) is 4.79 Å². The van der Waals surface area contributed by atoms with Crippen LogP contribution in [0, 0.1) is 5.82 Å². The summed E-state index contributed by atoms with van der Waals surface area (Å²) in [4.78, 5) is 13.5. The van der Waals surface area contributed by atoms with Crippen molar-refractivity contribution in [1.82, 2.24) is 4.90 Å². The van der Waals surface area contributed by atoms with Crippen LogP contribution in [0.2, 0.25) is 0 Å². The highest BCUT2D eigenvalue weighted by atomic mass is 79.9. The molecule has 18 heavy (non-hydrogen) atoms. The maximum atomic E-state index is 13.6. The molecule has 0 saturated heterocycles. The Kier molecular flexibility index (Phi) is 6.29. The van der Waals surface area contributed by atoms with Crippen LogP contribution in [0.1, 0.15) is 25.3 Å². The minimum atomic E-state index is -0.289. The second-order valence-electron chi connectivity index (χ2n) is 4.04. The molecule has 0 aliphatic carbocycles. The van der Waals surface area contributed by atoms with Gasteiger partial charge in [-0.1, -0.05) is 15.9 Å². The molecular weight excluding hydrogens is 299 g/mol. The number of benzene rings is 1. The molecule has 1 rings (SSSR count). The number of halogens is 2. The Balaban J connectivity index is 2.73. The van der Waals surface area contributed by atoms with Crippen LogP contribution in [0.5, 0.6) is 0 Å². The van der Waals surface area contributed by atoms with Crippen molar-refractivity contribution in [3.05, 3.63) is 34.1 Å². The van der Waals surface area contributed by atoms with E-state index in [1.165, 1.54) is 6.07 Å². The third kappa shape index (κ3) is 4.38. The minimum Gasteiger partial charge on any atom is -0.339 e. The maximum absolute atomic E-state index is 13.6. The van der Waals surface area contributed by atoms with Crippen molar-refractivity contribution in [3.8, 4) is 0 Å². The summed E-state index contributed by atoms with van der Waals surface area (Å²) in [7, 11) is 0. The molecule has 0 spiro atoms. The summed E-state index contributed by atoms with van der Waals surface area (Å²) in [5.74, 6) is -0.273. The van der Waals surface area contributed by atoms with Crippen molar-refractivity contribution in [1.29, 1.82) is 0 Å². The first-order valence-corrected chi connectivity index (χ1v) is 6.79. The summed E-state index contributed by atoms with van der Waals surface area (Å²) >= 11 is 3.30. The second kappa shape index (κ2) is 7.48. The zero-order valence-corrected chi connectivity index (χ0v) is 12.0. The lowest BCUT2D eigenvalue weighted by Gasteiger charge is -2.21. The van der Waals surface area contributed by atoms with Crippen molar-refractivity contribution in [3.63, 3.8) is 0 Å². The number of nitrogens with two attached hydrogens (primary N) is 1. The number of carbonyl (C=O) groups excluding carboxylic acids is 1. The lowest BCUT2D eigenvalue weighted by atomic mass is 10.2. The minimum absolute atomic E-state index is 0.0160. The Morgan fingerprint density at radius 2 is 2.22 bits per heavy atom. The van der Waals surface area contributed by atoms with Crippen molar-refractivity contribution >= 4 is 21.8 Å². The van der Waals surface area contributed by atoms with Crippen molar-refractivity contribution in [2.75, 3.05) is 13.1 Å².